The molecule has 0 unspecified atom stereocenters. The van der Waals surface area contributed by atoms with E-state index < -0.39 is 0 Å². The summed E-state index contributed by atoms with van der Waals surface area (Å²) >= 11 is 5.80. The van der Waals surface area contributed by atoms with Gasteiger partial charge in [-0.05, 0) is 42.3 Å². The maximum Gasteiger partial charge on any atom is 0.253 e. The number of carbonyl (C=O) groups is 1. The van der Waals surface area contributed by atoms with Crippen LogP contribution in [-0.2, 0) is 6.54 Å². The van der Waals surface area contributed by atoms with Gasteiger partial charge in [-0.3, -0.25) is 9.78 Å². The molecule has 0 radical (unpaired) electrons. The summed E-state index contributed by atoms with van der Waals surface area (Å²) in [5, 5.41) is 3.33. The summed E-state index contributed by atoms with van der Waals surface area (Å²) < 4.78 is 0. The van der Waals surface area contributed by atoms with Crippen molar-refractivity contribution in [2.75, 3.05) is 5.73 Å². The molecule has 0 saturated carbocycles. The Hall–Kier alpha value is -2.07. The number of benzene rings is 1. The second-order valence-electron chi connectivity index (χ2n) is 4.22. The lowest BCUT2D eigenvalue weighted by Crippen LogP contribution is -2.24. The standard InChI is InChI=1S/C14H14ClN3O/c1-9-4-5-17-7-10(9)8-18-14(19)12-3-2-11(15)6-13(12)16/h2-7H,8,16H2,1H3,(H,18,19). The van der Waals surface area contributed by atoms with Crippen molar-refractivity contribution >= 4 is 23.2 Å². The van der Waals surface area contributed by atoms with Crippen LogP contribution in [0.3, 0.4) is 0 Å². The number of aryl methyl sites for hydroxylation is 1. The number of carbonyl (C=O) groups excluding carboxylic acids is 1. The maximum absolute atomic E-state index is 12.0. The molecule has 2 aromatic rings. The molecule has 0 fully saturated rings. The number of hydrogen-bond acceptors (Lipinski definition) is 3. The largest absolute Gasteiger partial charge is 0.398 e. The Kier molecular flexibility index (Phi) is 4.02. The fourth-order valence-electron chi connectivity index (χ4n) is 1.69. The lowest BCUT2D eigenvalue weighted by Gasteiger charge is -2.09. The van der Waals surface area contributed by atoms with Gasteiger partial charge < -0.3 is 11.1 Å². The van der Waals surface area contributed by atoms with E-state index in [1.54, 1.807) is 30.6 Å². The Morgan fingerprint density at radius 3 is 2.89 bits per heavy atom. The highest BCUT2D eigenvalue weighted by molar-refractivity contribution is 6.31. The number of anilines is 1. The van der Waals surface area contributed by atoms with Crippen LogP contribution in [0.4, 0.5) is 5.69 Å². The molecular formula is C14H14ClN3O. The number of nitrogens with two attached hydrogens (primary N) is 1. The first-order valence-electron chi connectivity index (χ1n) is 5.80. The van der Waals surface area contributed by atoms with Gasteiger partial charge >= 0.3 is 0 Å². The van der Waals surface area contributed by atoms with Crippen LogP contribution in [0, 0.1) is 6.92 Å². The molecule has 4 nitrogen and oxygen atoms in total. The number of nitrogens with one attached hydrogen (secondary N) is 1. The Bertz CT molecular complexity index is 613. The van der Waals surface area contributed by atoms with E-state index >= 15 is 0 Å². The Balaban J connectivity index is 2.08. The van der Waals surface area contributed by atoms with E-state index in [0.717, 1.165) is 11.1 Å². The summed E-state index contributed by atoms with van der Waals surface area (Å²) in [6, 6.07) is 6.72. The fourth-order valence-corrected chi connectivity index (χ4v) is 1.87. The summed E-state index contributed by atoms with van der Waals surface area (Å²) in [6.07, 6.45) is 3.46. The minimum Gasteiger partial charge on any atom is -0.398 e. The molecule has 0 spiro atoms. The van der Waals surface area contributed by atoms with Crippen molar-refractivity contribution < 1.29 is 4.79 Å². The zero-order valence-corrected chi connectivity index (χ0v) is 11.2. The third-order valence-corrected chi connectivity index (χ3v) is 3.08. The van der Waals surface area contributed by atoms with Gasteiger partial charge in [0.1, 0.15) is 0 Å². The number of nitrogens with zero attached hydrogens (tertiary/aromatic N) is 1. The quantitative estimate of drug-likeness (QED) is 0.846. The van der Waals surface area contributed by atoms with Crippen LogP contribution in [-0.4, -0.2) is 10.9 Å². The van der Waals surface area contributed by atoms with Crippen molar-refractivity contribution in [2.24, 2.45) is 0 Å². The molecule has 1 aromatic heterocycles. The molecule has 0 atom stereocenters. The molecular weight excluding hydrogens is 262 g/mol. The molecule has 98 valence electrons. The van der Waals surface area contributed by atoms with Crippen LogP contribution in [0.5, 0.6) is 0 Å². The highest BCUT2D eigenvalue weighted by Gasteiger charge is 2.10. The third-order valence-electron chi connectivity index (χ3n) is 2.85. The van der Waals surface area contributed by atoms with Gasteiger partial charge in [0.2, 0.25) is 0 Å². The Morgan fingerprint density at radius 1 is 1.42 bits per heavy atom. The minimum absolute atomic E-state index is 0.225. The fraction of sp³-hybridized carbons (Fsp3) is 0.143. The highest BCUT2D eigenvalue weighted by Crippen LogP contribution is 2.18. The van der Waals surface area contributed by atoms with Crippen LogP contribution in [0.1, 0.15) is 21.5 Å². The second-order valence-corrected chi connectivity index (χ2v) is 4.65. The van der Waals surface area contributed by atoms with E-state index in [4.69, 9.17) is 17.3 Å². The third kappa shape index (κ3) is 3.23. The van der Waals surface area contributed by atoms with Crippen molar-refractivity contribution in [3.63, 3.8) is 0 Å². The van der Waals surface area contributed by atoms with Crippen LogP contribution in [0.25, 0.3) is 0 Å². The van der Waals surface area contributed by atoms with Crippen molar-refractivity contribution in [1.29, 1.82) is 0 Å². The molecule has 1 aromatic carbocycles. The predicted molar refractivity (Wildman–Crippen MR) is 76.0 cm³/mol. The first-order chi connectivity index (χ1) is 9.08. The van der Waals surface area contributed by atoms with Crippen LogP contribution in [0.15, 0.2) is 36.7 Å². The number of hydrogen-bond donors (Lipinski definition) is 2. The number of nitrogen functional groups attached to an aromatic ring is 1. The molecule has 1 amide bonds. The van der Waals surface area contributed by atoms with Crippen molar-refractivity contribution in [3.05, 3.63) is 58.4 Å². The van der Waals surface area contributed by atoms with Gasteiger partial charge in [0.25, 0.3) is 5.91 Å². The van der Waals surface area contributed by atoms with Gasteiger partial charge in [-0.2, -0.15) is 0 Å². The first kappa shape index (κ1) is 13.4. The number of pyridine rings is 1. The van der Waals surface area contributed by atoms with E-state index in [0.29, 0.717) is 22.8 Å². The van der Waals surface area contributed by atoms with Crippen molar-refractivity contribution in [3.8, 4) is 0 Å². The second kappa shape index (κ2) is 5.71. The minimum atomic E-state index is -0.225. The maximum atomic E-state index is 12.0. The molecule has 3 N–H and O–H groups in total. The van der Waals surface area contributed by atoms with E-state index in [2.05, 4.69) is 10.3 Å². The molecule has 5 heteroatoms. The number of rotatable bonds is 3. The normalized spacial score (nSPS) is 10.2. The van der Waals surface area contributed by atoms with Gasteiger partial charge in [0, 0.05) is 29.6 Å². The summed E-state index contributed by atoms with van der Waals surface area (Å²) in [7, 11) is 0. The molecule has 0 aliphatic heterocycles. The van der Waals surface area contributed by atoms with Gasteiger partial charge in [-0.15, -0.1) is 0 Å². The van der Waals surface area contributed by atoms with E-state index in [9.17, 15) is 4.79 Å². The zero-order valence-electron chi connectivity index (χ0n) is 10.5. The lowest BCUT2D eigenvalue weighted by molar-refractivity contribution is 0.0952. The van der Waals surface area contributed by atoms with Crippen LogP contribution in [0.2, 0.25) is 5.02 Å². The summed E-state index contributed by atoms with van der Waals surface area (Å²) in [5.41, 5.74) is 8.61. The number of halogens is 1. The van der Waals surface area contributed by atoms with Crippen molar-refractivity contribution in [2.45, 2.75) is 13.5 Å². The summed E-state index contributed by atoms with van der Waals surface area (Å²) in [5.74, 6) is -0.225. The average Bonchev–Trinajstić information content (AvgIpc) is 2.37. The zero-order chi connectivity index (χ0) is 13.8. The average molecular weight is 276 g/mol. The monoisotopic (exact) mass is 275 g/mol. The molecule has 0 aliphatic carbocycles. The summed E-state index contributed by atoms with van der Waals surface area (Å²) in [4.78, 5) is 16.0. The topological polar surface area (TPSA) is 68.0 Å². The van der Waals surface area contributed by atoms with E-state index in [1.165, 1.54) is 0 Å². The molecule has 19 heavy (non-hydrogen) atoms. The van der Waals surface area contributed by atoms with E-state index in [-0.39, 0.29) is 5.91 Å². The lowest BCUT2D eigenvalue weighted by atomic mass is 10.1. The van der Waals surface area contributed by atoms with Crippen molar-refractivity contribution in [1.82, 2.24) is 10.3 Å². The van der Waals surface area contributed by atoms with Gasteiger partial charge in [-0.25, -0.2) is 0 Å². The van der Waals surface area contributed by atoms with E-state index in [1.807, 2.05) is 13.0 Å². The number of aromatic nitrogens is 1. The van der Waals surface area contributed by atoms with Gasteiger partial charge in [0.05, 0.1) is 5.56 Å². The Morgan fingerprint density at radius 2 is 2.21 bits per heavy atom. The molecule has 2 rings (SSSR count). The summed E-state index contributed by atoms with van der Waals surface area (Å²) in [6.45, 7) is 2.39. The SMILES string of the molecule is Cc1ccncc1CNC(=O)c1ccc(Cl)cc1N. The number of amides is 1. The predicted octanol–water partition coefficient (Wildman–Crippen LogP) is 2.56. The molecule has 0 bridgehead atoms. The molecule has 0 aliphatic rings. The highest BCUT2D eigenvalue weighted by atomic mass is 35.5. The molecule has 0 saturated heterocycles. The first-order valence-corrected chi connectivity index (χ1v) is 6.18. The van der Waals surface area contributed by atoms with Crippen LogP contribution >= 0.6 is 11.6 Å². The smallest absolute Gasteiger partial charge is 0.253 e. The van der Waals surface area contributed by atoms with Gasteiger partial charge in [-0.1, -0.05) is 11.6 Å². The van der Waals surface area contributed by atoms with Crippen LogP contribution < -0.4 is 11.1 Å². The van der Waals surface area contributed by atoms with Gasteiger partial charge in [0.15, 0.2) is 0 Å². The Labute approximate surface area is 116 Å². The molecule has 1 heterocycles.